The van der Waals surface area contributed by atoms with Gasteiger partial charge < -0.3 is 9.74 Å². The van der Waals surface area contributed by atoms with Gasteiger partial charge in [0.25, 0.3) is 0 Å². The Bertz CT molecular complexity index is 1300. The van der Waals surface area contributed by atoms with Crippen LogP contribution in [0, 0.1) is 11.3 Å². The lowest BCUT2D eigenvalue weighted by atomic mass is 9.96. The highest BCUT2D eigenvalue weighted by Crippen LogP contribution is 2.27. The summed E-state index contributed by atoms with van der Waals surface area (Å²) in [6.07, 6.45) is 5.69. The lowest BCUT2D eigenvalue weighted by Crippen LogP contribution is -2.41. The Balaban J connectivity index is 1.42. The number of hydrogen-bond donors (Lipinski definition) is 1. The van der Waals surface area contributed by atoms with Crippen molar-refractivity contribution in [3.8, 4) is 5.69 Å². The summed E-state index contributed by atoms with van der Waals surface area (Å²) in [5.41, 5.74) is 2.01. The van der Waals surface area contributed by atoms with Gasteiger partial charge in [0.05, 0.1) is 27.9 Å². The van der Waals surface area contributed by atoms with Crippen molar-refractivity contribution < 1.29 is 18.0 Å². The van der Waals surface area contributed by atoms with E-state index in [1.807, 2.05) is 52.1 Å². The van der Waals surface area contributed by atoms with E-state index in [0.29, 0.717) is 18.0 Å². The monoisotopic (exact) mass is 528 g/mol. The first-order valence-electron chi connectivity index (χ1n) is 12.6. The molecule has 1 aliphatic heterocycles. The van der Waals surface area contributed by atoms with E-state index in [4.69, 9.17) is 4.84 Å². The largest absolute Gasteiger partial charge is 0.367 e. The maximum Gasteiger partial charge on any atom is 0.330 e. The lowest BCUT2D eigenvalue weighted by molar-refractivity contribution is -0.205. The molecule has 1 saturated heterocycles. The minimum Gasteiger partial charge on any atom is -0.367 e. The highest BCUT2D eigenvalue weighted by molar-refractivity contribution is 7.73. The fourth-order valence-electron chi connectivity index (χ4n) is 4.42. The van der Waals surface area contributed by atoms with E-state index in [1.165, 1.54) is 0 Å². The van der Waals surface area contributed by atoms with Crippen LogP contribution in [0.4, 0.5) is 5.82 Å². The third-order valence-electron chi connectivity index (χ3n) is 6.71. The number of carbonyl (C=O) groups excluding carboxylic acids is 1. The van der Waals surface area contributed by atoms with Gasteiger partial charge in [0.2, 0.25) is 0 Å². The lowest BCUT2D eigenvalue weighted by Gasteiger charge is -2.34. The van der Waals surface area contributed by atoms with E-state index in [-0.39, 0.29) is 5.97 Å². The van der Waals surface area contributed by atoms with Crippen LogP contribution >= 0.6 is 0 Å². The first kappa shape index (κ1) is 27.0. The van der Waals surface area contributed by atoms with E-state index < -0.39 is 21.4 Å². The van der Waals surface area contributed by atoms with Crippen LogP contribution in [-0.4, -0.2) is 71.1 Å². The highest BCUT2D eigenvalue weighted by Gasteiger charge is 2.29. The number of anilines is 1. The Hall–Kier alpha value is -3.05. The molecule has 0 amide bonds. The molecule has 1 unspecified atom stereocenters. The number of fused-ring (bicyclic) bond motifs is 1. The molecule has 1 aromatic carbocycles. The van der Waals surface area contributed by atoms with Crippen molar-refractivity contribution >= 4 is 33.5 Å². The quantitative estimate of drug-likeness (QED) is 0.441. The topological polar surface area (TPSA) is 111 Å². The normalized spacial score (nSPS) is 16.3. The highest BCUT2D eigenvalue weighted by atomic mass is 32.2. The van der Waals surface area contributed by atoms with Crippen molar-refractivity contribution in [2.45, 2.75) is 52.2 Å². The molecule has 11 heteroatoms. The minimum atomic E-state index is -2.44. The van der Waals surface area contributed by atoms with E-state index in [0.717, 1.165) is 54.9 Å². The van der Waals surface area contributed by atoms with Gasteiger partial charge in [0.1, 0.15) is 22.8 Å². The molecule has 2 aromatic heterocycles. The number of hydrogen-bond acceptors (Lipinski definition) is 9. The zero-order valence-corrected chi connectivity index (χ0v) is 23.0. The van der Waals surface area contributed by atoms with Gasteiger partial charge >= 0.3 is 5.97 Å². The molecule has 200 valence electrons. The van der Waals surface area contributed by atoms with Gasteiger partial charge in [-0.05, 0) is 70.6 Å². The SMILES string of the molecule is CC(Cc1ccc(-n2ncc3c(N(C)CC4CCN(OC(=O)C(C)(C)C)CC4)ncnc32)cc1)[SH](=O)=O. The molecule has 0 saturated carbocycles. The predicted molar refractivity (Wildman–Crippen MR) is 143 cm³/mol. The molecular formula is C26H36N6O4S. The molecule has 1 fully saturated rings. The number of nitrogens with zero attached hydrogens (tertiary/aromatic N) is 6. The van der Waals surface area contributed by atoms with Gasteiger partial charge in [0.15, 0.2) is 5.65 Å². The average molecular weight is 529 g/mol. The number of benzene rings is 1. The zero-order valence-electron chi connectivity index (χ0n) is 22.1. The Morgan fingerprint density at radius 1 is 1.16 bits per heavy atom. The molecule has 0 spiro atoms. The van der Waals surface area contributed by atoms with Crippen molar-refractivity contribution in [3.05, 3.63) is 42.4 Å². The van der Waals surface area contributed by atoms with Crippen LogP contribution < -0.4 is 4.90 Å². The fourth-order valence-corrected chi connectivity index (χ4v) is 4.78. The first-order valence-corrected chi connectivity index (χ1v) is 13.9. The van der Waals surface area contributed by atoms with Crippen molar-refractivity contribution in [2.24, 2.45) is 11.3 Å². The maximum absolute atomic E-state index is 12.2. The van der Waals surface area contributed by atoms with Gasteiger partial charge in [-0.15, -0.1) is 5.06 Å². The van der Waals surface area contributed by atoms with Crippen molar-refractivity contribution in [1.29, 1.82) is 0 Å². The second kappa shape index (κ2) is 11.1. The molecule has 3 heterocycles. The summed E-state index contributed by atoms with van der Waals surface area (Å²) in [5.74, 6) is 1.07. The summed E-state index contributed by atoms with van der Waals surface area (Å²) in [4.78, 5) is 28.9. The third-order valence-corrected chi connectivity index (χ3v) is 7.61. The smallest absolute Gasteiger partial charge is 0.330 e. The molecule has 4 rings (SSSR count). The average Bonchev–Trinajstić information content (AvgIpc) is 3.29. The molecule has 1 atom stereocenters. The molecule has 0 bridgehead atoms. The summed E-state index contributed by atoms with van der Waals surface area (Å²) in [7, 11) is -0.412. The number of rotatable bonds is 8. The van der Waals surface area contributed by atoms with Crippen molar-refractivity contribution in [2.75, 3.05) is 31.6 Å². The molecule has 0 radical (unpaired) electrons. The summed E-state index contributed by atoms with van der Waals surface area (Å²) in [6.45, 7) is 9.56. The van der Waals surface area contributed by atoms with Gasteiger partial charge in [-0.25, -0.2) is 27.9 Å². The molecular weight excluding hydrogens is 492 g/mol. The predicted octanol–water partition coefficient (Wildman–Crippen LogP) is 3.01. The van der Waals surface area contributed by atoms with Gasteiger partial charge in [0, 0.05) is 26.7 Å². The van der Waals surface area contributed by atoms with Crippen LogP contribution in [0.5, 0.6) is 0 Å². The molecule has 1 aliphatic rings. The molecule has 0 N–H and O–H groups in total. The van der Waals surface area contributed by atoms with E-state index in [1.54, 1.807) is 29.2 Å². The van der Waals surface area contributed by atoms with Crippen molar-refractivity contribution in [3.63, 3.8) is 0 Å². The summed E-state index contributed by atoms with van der Waals surface area (Å²) in [6, 6.07) is 7.71. The van der Waals surface area contributed by atoms with Gasteiger partial charge in [-0.1, -0.05) is 12.1 Å². The number of aromatic nitrogens is 4. The standard InChI is InChI=1S/C26H36N6O4S/c1-18(37(34)35)14-19-6-8-21(9-7-19)32-24-22(15-29-32)23(27-17-28-24)30(5)16-20-10-12-31(13-11-20)36-25(33)26(2,3)4/h6-9,15,17-18,20,37H,10-14,16H2,1-5H3. The Labute approximate surface area is 219 Å². The van der Waals surface area contributed by atoms with Gasteiger partial charge in [-0.3, -0.25) is 0 Å². The second-order valence-electron chi connectivity index (χ2n) is 10.9. The number of piperidine rings is 1. The van der Waals surface area contributed by atoms with E-state index in [9.17, 15) is 13.2 Å². The first-order chi connectivity index (χ1) is 17.5. The third kappa shape index (κ3) is 6.45. The van der Waals surface area contributed by atoms with Crippen LogP contribution in [0.25, 0.3) is 16.7 Å². The summed E-state index contributed by atoms with van der Waals surface area (Å²) in [5, 5.41) is 6.81. The Kier molecular flexibility index (Phi) is 8.13. The molecule has 10 nitrogen and oxygen atoms in total. The number of carbonyl (C=O) groups is 1. The van der Waals surface area contributed by atoms with Crippen LogP contribution in [0.2, 0.25) is 0 Å². The van der Waals surface area contributed by atoms with Crippen LogP contribution in [0.1, 0.15) is 46.1 Å². The minimum absolute atomic E-state index is 0.202. The summed E-state index contributed by atoms with van der Waals surface area (Å²) < 4.78 is 24.1. The Morgan fingerprint density at radius 2 is 1.84 bits per heavy atom. The zero-order chi connectivity index (χ0) is 26.7. The molecule has 3 aromatic rings. The van der Waals surface area contributed by atoms with Crippen molar-refractivity contribution in [1.82, 2.24) is 24.8 Å². The Morgan fingerprint density at radius 3 is 2.46 bits per heavy atom. The van der Waals surface area contributed by atoms with Crippen LogP contribution in [-0.2, 0) is 26.8 Å². The van der Waals surface area contributed by atoms with Crippen LogP contribution in [0.15, 0.2) is 36.8 Å². The molecule has 37 heavy (non-hydrogen) atoms. The number of hydroxylamine groups is 2. The van der Waals surface area contributed by atoms with E-state index >= 15 is 0 Å². The number of thiol groups is 1. The van der Waals surface area contributed by atoms with E-state index in [2.05, 4.69) is 20.0 Å². The van der Waals surface area contributed by atoms with Gasteiger partial charge in [-0.2, -0.15) is 5.10 Å². The molecule has 0 aliphatic carbocycles. The summed E-state index contributed by atoms with van der Waals surface area (Å²) >= 11 is 0. The van der Waals surface area contributed by atoms with Crippen LogP contribution in [0.3, 0.4) is 0 Å². The maximum atomic E-state index is 12.2. The fraction of sp³-hybridized carbons (Fsp3) is 0.538. The second-order valence-corrected chi connectivity index (χ2v) is 12.3.